The fourth-order valence-corrected chi connectivity index (χ4v) is 1.95. The predicted molar refractivity (Wildman–Crippen MR) is 42.3 cm³/mol. The third-order valence-corrected chi connectivity index (χ3v) is 2.60. The van der Waals surface area contributed by atoms with Crippen LogP contribution in [0, 0.1) is 0 Å². The van der Waals surface area contributed by atoms with E-state index in [1.54, 1.807) is 0 Å². The van der Waals surface area contributed by atoms with Crippen molar-refractivity contribution in [3.05, 3.63) is 23.4 Å². The molecule has 0 atom stereocenters. The highest BCUT2D eigenvalue weighted by molar-refractivity contribution is 8.13. The van der Waals surface area contributed by atoms with Crippen LogP contribution in [0.4, 0.5) is 0 Å². The van der Waals surface area contributed by atoms with Crippen molar-refractivity contribution in [1.82, 2.24) is 4.98 Å². The van der Waals surface area contributed by atoms with E-state index in [1.165, 1.54) is 18.3 Å². The maximum Gasteiger partial charge on any atom is 0.280 e. The van der Waals surface area contributed by atoms with Crippen molar-refractivity contribution in [3.63, 3.8) is 0 Å². The summed E-state index contributed by atoms with van der Waals surface area (Å²) in [5.41, 5.74) is 0. The second-order valence-electron chi connectivity index (χ2n) is 1.73. The molecule has 0 saturated heterocycles. The van der Waals surface area contributed by atoms with E-state index in [2.05, 4.69) is 4.98 Å². The molecule has 60 valence electrons. The Morgan fingerprint density at radius 2 is 2.09 bits per heavy atom. The van der Waals surface area contributed by atoms with Gasteiger partial charge in [0.25, 0.3) is 9.05 Å². The summed E-state index contributed by atoms with van der Waals surface area (Å²) in [6, 6.07) is 2.93. The summed E-state index contributed by atoms with van der Waals surface area (Å²) in [5.74, 6) is 0. The van der Waals surface area contributed by atoms with E-state index in [4.69, 9.17) is 22.3 Å². The Bertz CT molecular complexity index is 363. The van der Waals surface area contributed by atoms with Crippen LogP contribution in [0.2, 0.25) is 5.02 Å². The van der Waals surface area contributed by atoms with Gasteiger partial charge in [-0.3, -0.25) is 0 Å². The fraction of sp³-hybridized carbons (Fsp3) is 0. The SMILES string of the molecule is O=S(=O)(Cl)c1ncccc1Cl. The Hall–Kier alpha value is -0.320. The van der Waals surface area contributed by atoms with E-state index in [1.807, 2.05) is 0 Å². The van der Waals surface area contributed by atoms with Crippen molar-refractivity contribution >= 4 is 31.3 Å². The third-order valence-electron chi connectivity index (χ3n) is 0.956. The zero-order chi connectivity index (χ0) is 8.48. The van der Waals surface area contributed by atoms with Crippen molar-refractivity contribution < 1.29 is 8.42 Å². The number of pyridine rings is 1. The molecule has 6 heteroatoms. The standard InChI is InChI=1S/C5H3Cl2NO2S/c6-4-2-1-3-8-5(4)11(7,9)10/h1-3H. The first-order chi connectivity index (χ1) is 5.02. The van der Waals surface area contributed by atoms with Crippen molar-refractivity contribution in [2.45, 2.75) is 5.03 Å². The smallest absolute Gasteiger partial charge is 0.242 e. The van der Waals surface area contributed by atoms with Crippen LogP contribution in [0.3, 0.4) is 0 Å². The van der Waals surface area contributed by atoms with Gasteiger partial charge in [0, 0.05) is 16.9 Å². The Labute approximate surface area is 73.4 Å². The van der Waals surface area contributed by atoms with Crippen LogP contribution in [0.15, 0.2) is 23.4 Å². The third kappa shape index (κ3) is 2.05. The molecule has 0 aromatic carbocycles. The average molecular weight is 212 g/mol. The molecule has 1 aromatic heterocycles. The largest absolute Gasteiger partial charge is 0.280 e. The number of hydrogen-bond donors (Lipinski definition) is 0. The summed E-state index contributed by atoms with van der Waals surface area (Å²) in [5, 5.41) is -0.272. The van der Waals surface area contributed by atoms with E-state index in [0.29, 0.717) is 0 Å². The lowest BCUT2D eigenvalue weighted by atomic mass is 10.5. The summed E-state index contributed by atoms with van der Waals surface area (Å²) in [6.07, 6.45) is 1.31. The lowest BCUT2D eigenvalue weighted by Gasteiger charge is -1.95. The summed E-state index contributed by atoms with van der Waals surface area (Å²) < 4.78 is 21.3. The van der Waals surface area contributed by atoms with Gasteiger partial charge < -0.3 is 0 Å². The van der Waals surface area contributed by atoms with Gasteiger partial charge in [0.05, 0.1) is 5.02 Å². The zero-order valence-corrected chi connectivity index (χ0v) is 7.49. The van der Waals surface area contributed by atoms with Gasteiger partial charge in [0.1, 0.15) is 0 Å². The van der Waals surface area contributed by atoms with Crippen molar-refractivity contribution in [1.29, 1.82) is 0 Å². The maximum atomic E-state index is 10.7. The maximum absolute atomic E-state index is 10.7. The molecule has 0 amide bonds. The van der Waals surface area contributed by atoms with E-state index in [0.717, 1.165) is 0 Å². The first-order valence-corrected chi connectivity index (χ1v) is 5.26. The van der Waals surface area contributed by atoms with Gasteiger partial charge >= 0.3 is 0 Å². The van der Waals surface area contributed by atoms with Gasteiger partial charge in [0.15, 0.2) is 5.03 Å². The normalized spacial score (nSPS) is 11.5. The number of nitrogens with zero attached hydrogens (tertiary/aromatic N) is 1. The Balaban J connectivity index is 3.37. The molecule has 0 radical (unpaired) electrons. The molecule has 0 aliphatic heterocycles. The highest BCUT2D eigenvalue weighted by Gasteiger charge is 2.14. The molecular formula is C5H3Cl2NO2S. The minimum Gasteiger partial charge on any atom is -0.242 e. The van der Waals surface area contributed by atoms with Crippen LogP contribution >= 0.6 is 22.3 Å². The highest BCUT2D eigenvalue weighted by atomic mass is 35.7. The van der Waals surface area contributed by atoms with E-state index in [9.17, 15) is 8.42 Å². The minimum atomic E-state index is -3.80. The van der Waals surface area contributed by atoms with E-state index in [-0.39, 0.29) is 10.0 Å². The molecule has 0 saturated carbocycles. The minimum absolute atomic E-state index is 0.0301. The molecule has 0 bridgehead atoms. The highest BCUT2D eigenvalue weighted by Crippen LogP contribution is 2.20. The molecule has 1 rings (SSSR count). The quantitative estimate of drug-likeness (QED) is 0.665. The number of rotatable bonds is 1. The van der Waals surface area contributed by atoms with Crippen LogP contribution in [0.5, 0.6) is 0 Å². The van der Waals surface area contributed by atoms with Crippen LogP contribution in [0.25, 0.3) is 0 Å². The Morgan fingerprint density at radius 1 is 1.45 bits per heavy atom. The van der Waals surface area contributed by atoms with Crippen LogP contribution < -0.4 is 0 Å². The first-order valence-electron chi connectivity index (χ1n) is 2.57. The summed E-state index contributed by atoms with van der Waals surface area (Å²) in [6.45, 7) is 0. The van der Waals surface area contributed by atoms with Gasteiger partial charge in [-0.25, -0.2) is 13.4 Å². The fourth-order valence-electron chi connectivity index (χ4n) is 0.551. The van der Waals surface area contributed by atoms with Gasteiger partial charge in [-0.15, -0.1) is 0 Å². The molecule has 0 aliphatic carbocycles. The zero-order valence-electron chi connectivity index (χ0n) is 5.16. The molecular weight excluding hydrogens is 209 g/mol. The van der Waals surface area contributed by atoms with Crippen molar-refractivity contribution in [2.75, 3.05) is 0 Å². The van der Waals surface area contributed by atoms with Gasteiger partial charge in [-0.1, -0.05) is 11.6 Å². The number of aromatic nitrogens is 1. The molecule has 1 aromatic rings. The first kappa shape index (κ1) is 8.77. The molecule has 1 heterocycles. The second kappa shape index (κ2) is 2.97. The summed E-state index contributed by atoms with van der Waals surface area (Å²) >= 11 is 5.48. The second-order valence-corrected chi connectivity index (χ2v) is 4.62. The average Bonchev–Trinajstić information content (AvgIpc) is 1.86. The molecule has 0 N–H and O–H groups in total. The number of halogens is 2. The molecule has 0 spiro atoms. The van der Waals surface area contributed by atoms with E-state index >= 15 is 0 Å². The summed E-state index contributed by atoms with van der Waals surface area (Å²) in [4.78, 5) is 3.50. The Kier molecular flexibility index (Phi) is 2.37. The van der Waals surface area contributed by atoms with Crippen molar-refractivity contribution in [3.8, 4) is 0 Å². The molecule has 0 aliphatic rings. The molecule has 3 nitrogen and oxygen atoms in total. The molecule has 0 unspecified atom stereocenters. The van der Waals surface area contributed by atoms with Crippen LogP contribution in [-0.2, 0) is 9.05 Å². The van der Waals surface area contributed by atoms with Gasteiger partial charge in [-0.05, 0) is 12.1 Å². The van der Waals surface area contributed by atoms with Crippen molar-refractivity contribution in [2.24, 2.45) is 0 Å². The number of hydrogen-bond acceptors (Lipinski definition) is 3. The van der Waals surface area contributed by atoms with Crippen LogP contribution in [-0.4, -0.2) is 13.4 Å². The lowest BCUT2D eigenvalue weighted by Crippen LogP contribution is -1.94. The molecule has 0 fully saturated rings. The monoisotopic (exact) mass is 211 g/mol. The predicted octanol–water partition coefficient (Wildman–Crippen LogP) is 1.66. The summed E-state index contributed by atoms with van der Waals surface area (Å²) in [7, 11) is 1.18. The lowest BCUT2D eigenvalue weighted by molar-refractivity contribution is 0.606. The van der Waals surface area contributed by atoms with E-state index < -0.39 is 9.05 Å². The van der Waals surface area contributed by atoms with Gasteiger partial charge in [-0.2, -0.15) is 0 Å². The Morgan fingerprint density at radius 3 is 2.45 bits per heavy atom. The van der Waals surface area contributed by atoms with Gasteiger partial charge in [0.2, 0.25) is 0 Å². The van der Waals surface area contributed by atoms with Crippen LogP contribution in [0.1, 0.15) is 0 Å². The topological polar surface area (TPSA) is 47.0 Å². The molecule has 11 heavy (non-hydrogen) atoms.